The number of nitrogens with two attached hydrogens (primary N) is 1. The molecule has 0 radical (unpaired) electrons. The molecule has 1 saturated heterocycles. The number of ketones is 2. The van der Waals surface area contributed by atoms with E-state index < -0.39 is 75.7 Å². The van der Waals surface area contributed by atoms with Gasteiger partial charge in [-0.05, 0) is 52.2 Å². The summed E-state index contributed by atoms with van der Waals surface area (Å²) in [6.07, 6.45) is 1.46. The number of Topliss-reactive ketones (excluding diaryl/α,β-unsaturated/α-hetero) is 2. The Labute approximate surface area is 229 Å². The molecule has 1 aromatic rings. The van der Waals surface area contributed by atoms with Crippen LogP contribution in [0, 0.1) is 11.8 Å². The fourth-order valence-corrected chi connectivity index (χ4v) is 6.68. The fraction of sp³-hybridized carbons (Fsp3) is 0.481. The monoisotopic (exact) mass is 556 g/mol. The number of amides is 2. The zero-order valence-electron chi connectivity index (χ0n) is 22.3. The van der Waals surface area contributed by atoms with E-state index >= 15 is 0 Å². The van der Waals surface area contributed by atoms with Gasteiger partial charge >= 0.3 is 0 Å². The number of likely N-dealkylation sites (N-methyl/N-ethyl adjacent to an activating group) is 1. The van der Waals surface area contributed by atoms with Crippen molar-refractivity contribution in [1.82, 2.24) is 10.2 Å². The van der Waals surface area contributed by atoms with Gasteiger partial charge in [-0.1, -0.05) is 0 Å². The van der Waals surface area contributed by atoms with Gasteiger partial charge in [0.15, 0.2) is 17.1 Å². The van der Waals surface area contributed by atoms with Crippen LogP contribution in [0.15, 0.2) is 23.0 Å². The number of primary amides is 1. The van der Waals surface area contributed by atoms with Crippen LogP contribution in [0.2, 0.25) is 0 Å². The van der Waals surface area contributed by atoms with Crippen molar-refractivity contribution in [3.05, 3.63) is 34.1 Å². The summed E-state index contributed by atoms with van der Waals surface area (Å²) >= 11 is 0. The van der Waals surface area contributed by atoms with E-state index in [2.05, 4.69) is 10.6 Å². The van der Waals surface area contributed by atoms with Crippen molar-refractivity contribution in [3.63, 3.8) is 0 Å². The maximum atomic E-state index is 14.0. The van der Waals surface area contributed by atoms with Crippen molar-refractivity contribution in [3.8, 4) is 11.5 Å². The second-order valence-corrected chi connectivity index (χ2v) is 10.9. The normalized spacial score (nSPS) is 29.7. The third-order valence-corrected chi connectivity index (χ3v) is 8.53. The molecule has 1 aliphatic heterocycles. The van der Waals surface area contributed by atoms with Gasteiger partial charge in [0.05, 0.1) is 30.4 Å². The largest absolute Gasteiger partial charge is 0.508 e. The maximum Gasteiger partial charge on any atom is 0.255 e. The second kappa shape index (κ2) is 9.61. The first-order valence-corrected chi connectivity index (χ1v) is 13.0. The van der Waals surface area contributed by atoms with E-state index in [0.29, 0.717) is 18.5 Å². The van der Waals surface area contributed by atoms with Crippen molar-refractivity contribution in [2.24, 2.45) is 17.6 Å². The molecular weight excluding hydrogens is 524 g/mol. The number of anilines is 1. The Morgan fingerprint density at radius 2 is 1.93 bits per heavy atom. The number of phenolic OH excluding ortho intramolecular Hbond substituents is 1. The number of carbonyl (C=O) groups excluding carboxylic acids is 4. The van der Waals surface area contributed by atoms with E-state index in [9.17, 15) is 39.6 Å². The van der Waals surface area contributed by atoms with Crippen LogP contribution in [0.4, 0.5) is 5.69 Å². The number of carbonyl (C=O) groups is 4. The van der Waals surface area contributed by atoms with E-state index in [1.54, 1.807) is 0 Å². The lowest BCUT2D eigenvalue weighted by atomic mass is 9.57. The van der Waals surface area contributed by atoms with Crippen LogP contribution in [0.1, 0.15) is 30.4 Å². The first-order chi connectivity index (χ1) is 18.8. The molecule has 0 spiro atoms. The third-order valence-electron chi connectivity index (χ3n) is 8.53. The number of aliphatic hydroxyl groups excluding tert-OH is 2. The molecule has 214 valence electrons. The summed E-state index contributed by atoms with van der Waals surface area (Å²) in [5.74, 6) is -7.63. The minimum atomic E-state index is -2.73. The smallest absolute Gasteiger partial charge is 0.255 e. The standard InChI is InChI=1S/C27H32N4O9/c1-31(2)19-12-8-10-7-11-15(40-3)9-14(30-26(38)13-5-4-6-29-13)20(32)17(11)21(33)16(10)23(35)27(12,39)24(36)18(22(19)34)25(28)37/h9-10,12-13,19,29,32-33,36,39H,4-8H2,1-3H3,(H2,28,37)(H,30,38)/t10-,12-,13-,19-,27-/m0/s1. The SMILES string of the molecule is COc1cc(NC(=O)[C@@H]2CCCN2)c(O)c2c1C[C@H]1C[C@H]3[C@H](N(C)C)C(=O)C(C(N)=O)=C(O)[C@@]3(O)C(=O)C1=C2O. The Hall–Kier alpha value is -3.94. The van der Waals surface area contributed by atoms with Crippen LogP contribution in [-0.4, -0.2) is 94.1 Å². The van der Waals surface area contributed by atoms with Gasteiger partial charge in [0.25, 0.3) is 5.91 Å². The fourth-order valence-electron chi connectivity index (χ4n) is 6.68. The van der Waals surface area contributed by atoms with Crippen LogP contribution in [0.25, 0.3) is 5.76 Å². The van der Waals surface area contributed by atoms with Crippen LogP contribution >= 0.6 is 0 Å². The van der Waals surface area contributed by atoms with E-state index in [1.807, 2.05) is 0 Å². The summed E-state index contributed by atoms with van der Waals surface area (Å²) in [4.78, 5) is 53.4. The summed E-state index contributed by atoms with van der Waals surface area (Å²) in [6.45, 7) is 0.677. The van der Waals surface area contributed by atoms with Crippen LogP contribution in [0.3, 0.4) is 0 Å². The van der Waals surface area contributed by atoms with Gasteiger partial charge in [-0.3, -0.25) is 24.1 Å². The van der Waals surface area contributed by atoms with Crippen molar-refractivity contribution in [1.29, 1.82) is 0 Å². The molecule has 40 heavy (non-hydrogen) atoms. The lowest BCUT2D eigenvalue weighted by Gasteiger charge is -2.50. The highest BCUT2D eigenvalue weighted by Gasteiger charge is 2.64. The molecule has 3 aliphatic carbocycles. The highest BCUT2D eigenvalue weighted by Crippen LogP contribution is 2.54. The minimum Gasteiger partial charge on any atom is -0.508 e. The first kappa shape index (κ1) is 27.6. The number of ether oxygens (including phenoxy) is 1. The highest BCUT2D eigenvalue weighted by atomic mass is 16.5. The molecule has 1 aromatic carbocycles. The Morgan fingerprint density at radius 1 is 1.23 bits per heavy atom. The first-order valence-electron chi connectivity index (χ1n) is 13.0. The molecule has 13 nitrogen and oxygen atoms in total. The molecule has 1 saturated carbocycles. The second-order valence-electron chi connectivity index (χ2n) is 10.9. The van der Waals surface area contributed by atoms with Gasteiger partial charge in [0, 0.05) is 23.1 Å². The predicted molar refractivity (Wildman–Crippen MR) is 140 cm³/mol. The van der Waals surface area contributed by atoms with Gasteiger partial charge in [0.2, 0.25) is 11.7 Å². The Morgan fingerprint density at radius 3 is 2.50 bits per heavy atom. The molecular formula is C27H32N4O9. The number of nitrogens with one attached hydrogen (secondary N) is 2. The van der Waals surface area contributed by atoms with E-state index in [1.165, 1.54) is 32.2 Å². The predicted octanol–water partition coefficient (Wildman–Crippen LogP) is -0.337. The quantitative estimate of drug-likeness (QED) is 0.184. The van der Waals surface area contributed by atoms with Gasteiger partial charge < -0.3 is 41.5 Å². The number of phenols is 1. The van der Waals surface area contributed by atoms with Crippen LogP contribution in [-0.2, 0) is 25.6 Å². The molecule has 13 heteroatoms. The lowest BCUT2D eigenvalue weighted by Crippen LogP contribution is -2.65. The average Bonchev–Trinajstić information content (AvgIpc) is 3.42. The maximum absolute atomic E-state index is 14.0. The number of hydrogen-bond donors (Lipinski definition) is 7. The van der Waals surface area contributed by atoms with E-state index in [0.717, 1.165) is 6.42 Å². The number of fused-ring (bicyclic) bond motifs is 3. The summed E-state index contributed by atoms with van der Waals surface area (Å²) in [5, 5.41) is 50.9. The number of aromatic hydroxyl groups is 1. The molecule has 2 fully saturated rings. The highest BCUT2D eigenvalue weighted by molar-refractivity contribution is 6.24. The van der Waals surface area contributed by atoms with Crippen molar-refractivity contribution in [2.45, 2.75) is 43.4 Å². The van der Waals surface area contributed by atoms with Crippen molar-refractivity contribution >= 4 is 34.8 Å². The van der Waals surface area contributed by atoms with Crippen molar-refractivity contribution < 1.29 is 44.3 Å². The van der Waals surface area contributed by atoms with Gasteiger partial charge in [0.1, 0.15) is 22.8 Å². The zero-order valence-corrected chi connectivity index (χ0v) is 22.3. The number of rotatable bonds is 5. The molecule has 4 aliphatic rings. The Bertz CT molecular complexity index is 1410. The third kappa shape index (κ3) is 3.79. The average molecular weight is 557 g/mol. The molecule has 8 N–H and O–H groups in total. The molecule has 1 heterocycles. The van der Waals surface area contributed by atoms with Gasteiger partial charge in [-0.15, -0.1) is 0 Å². The molecule has 0 bridgehead atoms. The molecule has 5 atom stereocenters. The summed E-state index contributed by atoms with van der Waals surface area (Å²) in [7, 11) is 4.45. The number of methoxy groups -OCH3 is 1. The Balaban J connectivity index is 1.66. The van der Waals surface area contributed by atoms with Gasteiger partial charge in [-0.25, -0.2) is 0 Å². The summed E-state index contributed by atoms with van der Waals surface area (Å²) in [6, 6.07) is -0.202. The number of hydrogen-bond acceptors (Lipinski definition) is 11. The Kier molecular flexibility index (Phi) is 6.63. The number of benzene rings is 1. The zero-order chi connectivity index (χ0) is 29.3. The van der Waals surface area contributed by atoms with Crippen LogP contribution in [0.5, 0.6) is 11.5 Å². The molecule has 0 unspecified atom stereocenters. The number of aliphatic hydroxyl groups is 3. The lowest BCUT2D eigenvalue weighted by molar-refractivity contribution is -0.153. The molecule has 5 rings (SSSR count). The van der Waals surface area contributed by atoms with Crippen molar-refractivity contribution in [2.75, 3.05) is 33.1 Å². The molecule has 0 aromatic heterocycles. The summed E-state index contributed by atoms with van der Waals surface area (Å²) in [5.41, 5.74) is 1.60. The van der Waals surface area contributed by atoms with E-state index in [4.69, 9.17) is 10.5 Å². The number of nitrogens with zero attached hydrogens (tertiary/aromatic N) is 1. The summed E-state index contributed by atoms with van der Waals surface area (Å²) < 4.78 is 5.52. The topological polar surface area (TPSA) is 212 Å². The van der Waals surface area contributed by atoms with Crippen LogP contribution < -0.4 is 21.1 Å². The van der Waals surface area contributed by atoms with Gasteiger partial charge in [-0.2, -0.15) is 0 Å². The molecule has 2 amide bonds. The minimum absolute atomic E-state index is 0.0402. The van der Waals surface area contributed by atoms with E-state index in [-0.39, 0.29) is 35.4 Å².